The van der Waals surface area contributed by atoms with Crippen LogP contribution in [0.15, 0.2) is 213 Å². The van der Waals surface area contributed by atoms with Gasteiger partial charge in [0.15, 0.2) is 0 Å². The number of aromatic nitrogens is 4. The highest BCUT2D eigenvalue weighted by Crippen LogP contribution is 2.48. The summed E-state index contributed by atoms with van der Waals surface area (Å²) in [6.07, 6.45) is 3.70. The lowest BCUT2D eigenvalue weighted by molar-refractivity contribution is 1.17. The number of nitrogens with zero attached hydrogens (tertiary/aromatic N) is 5. The third-order valence-corrected chi connectivity index (χ3v) is 11.0. The van der Waals surface area contributed by atoms with Gasteiger partial charge >= 0.3 is 0 Å². The molecule has 0 fully saturated rings. The molecular weight excluding hydrogens is 695 g/mol. The summed E-state index contributed by atoms with van der Waals surface area (Å²) in [5.74, 6) is 0. The summed E-state index contributed by atoms with van der Waals surface area (Å²) in [5, 5.41) is 4.74. The van der Waals surface area contributed by atoms with Crippen molar-refractivity contribution in [1.82, 2.24) is 19.1 Å². The van der Waals surface area contributed by atoms with Gasteiger partial charge in [0.1, 0.15) is 0 Å². The number of fused-ring (bicyclic) bond motifs is 6. The molecule has 11 rings (SSSR count). The van der Waals surface area contributed by atoms with Crippen molar-refractivity contribution in [2.24, 2.45) is 0 Å². The van der Waals surface area contributed by atoms with Crippen molar-refractivity contribution in [3.05, 3.63) is 213 Å². The maximum atomic E-state index is 4.67. The second-order valence-electron chi connectivity index (χ2n) is 14.2. The minimum absolute atomic E-state index is 0.951. The van der Waals surface area contributed by atoms with Crippen LogP contribution in [0.3, 0.4) is 0 Å². The van der Waals surface area contributed by atoms with Crippen LogP contribution in [0, 0.1) is 0 Å². The molecule has 5 nitrogen and oxygen atoms in total. The highest BCUT2D eigenvalue weighted by molar-refractivity contribution is 6.20. The molecule has 0 aliphatic rings. The number of hydrogen-bond donors (Lipinski definition) is 0. The molecule has 0 saturated heterocycles. The van der Waals surface area contributed by atoms with Crippen molar-refractivity contribution in [3.63, 3.8) is 0 Å². The number of anilines is 3. The smallest absolute Gasteiger partial charge is 0.0702 e. The molecule has 11 aromatic rings. The molecule has 0 bridgehead atoms. The maximum absolute atomic E-state index is 4.67. The molecule has 0 unspecified atom stereocenters. The molecule has 0 saturated carbocycles. The fraction of sp³-hybridized carbons (Fsp3) is 0. The zero-order chi connectivity index (χ0) is 37.7. The predicted molar refractivity (Wildman–Crippen MR) is 236 cm³/mol. The Morgan fingerprint density at radius 3 is 1.28 bits per heavy atom. The van der Waals surface area contributed by atoms with E-state index in [2.05, 4.69) is 200 Å². The summed E-state index contributed by atoms with van der Waals surface area (Å²) < 4.78 is 4.79. The van der Waals surface area contributed by atoms with Gasteiger partial charge in [-0.2, -0.15) is 0 Å². The molecular formula is C52H35N5. The van der Waals surface area contributed by atoms with Gasteiger partial charge in [0, 0.05) is 62.1 Å². The summed E-state index contributed by atoms with van der Waals surface area (Å²) in [6, 6.07) is 71.2. The molecule has 0 aliphatic heterocycles. The van der Waals surface area contributed by atoms with Gasteiger partial charge in [-0.1, -0.05) is 103 Å². The van der Waals surface area contributed by atoms with Gasteiger partial charge in [-0.15, -0.1) is 0 Å². The molecule has 0 aliphatic carbocycles. The predicted octanol–water partition coefficient (Wildman–Crippen LogP) is 13.5. The Kier molecular flexibility index (Phi) is 7.74. The first-order chi connectivity index (χ1) is 28.3. The van der Waals surface area contributed by atoms with E-state index in [1.54, 1.807) is 0 Å². The topological polar surface area (TPSA) is 38.9 Å². The maximum Gasteiger partial charge on any atom is 0.0702 e. The lowest BCUT2D eigenvalue weighted by Gasteiger charge is -2.27. The largest absolute Gasteiger partial charge is 0.309 e. The first kappa shape index (κ1) is 32.7. The molecule has 268 valence electrons. The van der Waals surface area contributed by atoms with E-state index >= 15 is 0 Å². The van der Waals surface area contributed by atoms with Crippen LogP contribution in [0.5, 0.6) is 0 Å². The Morgan fingerprint density at radius 2 is 0.789 bits per heavy atom. The van der Waals surface area contributed by atoms with Crippen LogP contribution in [-0.2, 0) is 0 Å². The van der Waals surface area contributed by atoms with E-state index in [0.29, 0.717) is 0 Å². The Balaban J connectivity index is 1.18. The Labute approximate surface area is 330 Å². The number of hydrogen-bond acceptors (Lipinski definition) is 3. The number of para-hydroxylation sites is 3. The zero-order valence-corrected chi connectivity index (χ0v) is 30.9. The van der Waals surface area contributed by atoms with E-state index < -0.39 is 0 Å². The Bertz CT molecular complexity index is 3040. The van der Waals surface area contributed by atoms with Crippen molar-refractivity contribution in [2.75, 3.05) is 4.90 Å². The molecule has 0 spiro atoms. The van der Waals surface area contributed by atoms with E-state index in [1.807, 2.05) is 36.7 Å². The Hall–Kier alpha value is -7.76. The molecule has 57 heavy (non-hydrogen) atoms. The number of benzene rings is 7. The van der Waals surface area contributed by atoms with Crippen LogP contribution in [0.2, 0.25) is 0 Å². The lowest BCUT2D eigenvalue weighted by Crippen LogP contribution is -2.11. The molecule has 4 heterocycles. The van der Waals surface area contributed by atoms with Crippen LogP contribution in [-0.4, -0.2) is 19.1 Å². The van der Waals surface area contributed by atoms with Crippen molar-refractivity contribution in [1.29, 1.82) is 0 Å². The van der Waals surface area contributed by atoms with Gasteiger partial charge in [0.2, 0.25) is 0 Å². The van der Waals surface area contributed by atoms with E-state index in [9.17, 15) is 0 Å². The number of pyridine rings is 2. The molecule has 4 aromatic heterocycles. The van der Waals surface area contributed by atoms with E-state index in [0.717, 1.165) is 73.0 Å². The van der Waals surface area contributed by atoms with Gasteiger partial charge < -0.3 is 14.0 Å². The molecule has 0 atom stereocenters. The molecule has 0 amide bonds. The molecule has 0 radical (unpaired) electrons. The van der Waals surface area contributed by atoms with Gasteiger partial charge in [-0.25, -0.2) is 0 Å². The van der Waals surface area contributed by atoms with Crippen LogP contribution in [0.4, 0.5) is 17.1 Å². The fourth-order valence-corrected chi connectivity index (χ4v) is 8.59. The van der Waals surface area contributed by atoms with Crippen LogP contribution in [0.25, 0.3) is 77.5 Å². The Morgan fingerprint density at radius 1 is 0.351 bits per heavy atom. The van der Waals surface area contributed by atoms with Crippen molar-refractivity contribution < 1.29 is 0 Å². The first-order valence-electron chi connectivity index (χ1n) is 19.2. The van der Waals surface area contributed by atoms with Gasteiger partial charge in [-0.05, 0) is 97.1 Å². The van der Waals surface area contributed by atoms with Crippen LogP contribution >= 0.6 is 0 Å². The standard InChI is InChI=1S/C52H35N5/c1-2-18-38(19-3-1)55(47-28-14-30-49-51(47)41-22-4-6-26-45(41)56(49)39-20-12-16-36(34-39)43-24-8-10-32-53-43)48-29-15-31-50-52(48)42-23-5-7-27-46(42)57(50)40-21-13-17-37(35-40)44-25-9-11-33-54-44/h1-35H. The summed E-state index contributed by atoms with van der Waals surface area (Å²) >= 11 is 0. The lowest BCUT2D eigenvalue weighted by atomic mass is 10.1. The minimum atomic E-state index is 0.951. The summed E-state index contributed by atoms with van der Waals surface area (Å²) in [5.41, 5.74) is 14.1. The second kappa shape index (κ2) is 13.5. The minimum Gasteiger partial charge on any atom is -0.309 e. The van der Waals surface area contributed by atoms with Crippen molar-refractivity contribution in [3.8, 4) is 33.9 Å². The van der Waals surface area contributed by atoms with Gasteiger partial charge in [-0.3, -0.25) is 9.97 Å². The summed E-state index contributed by atoms with van der Waals surface area (Å²) in [4.78, 5) is 11.8. The normalized spacial score (nSPS) is 11.5. The van der Waals surface area contributed by atoms with Crippen LogP contribution < -0.4 is 4.90 Å². The van der Waals surface area contributed by atoms with E-state index in [-0.39, 0.29) is 0 Å². The van der Waals surface area contributed by atoms with Crippen molar-refractivity contribution in [2.45, 2.75) is 0 Å². The monoisotopic (exact) mass is 729 g/mol. The number of rotatable bonds is 7. The quantitative estimate of drug-likeness (QED) is 0.164. The van der Waals surface area contributed by atoms with Crippen LogP contribution in [0.1, 0.15) is 0 Å². The SMILES string of the molecule is c1ccc(N(c2cccc3c2c2ccccc2n3-c2cccc(-c3ccccn3)c2)c2cccc3c2c2ccccc2n3-c2cccc(-c3ccccn3)c2)cc1. The molecule has 0 N–H and O–H groups in total. The van der Waals surface area contributed by atoms with E-state index in [1.165, 1.54) is 21.5 Å². The molecule has 5 heteroatoms. The second-order valence-corrected chi connectivity index (χ2v) is 14.2. The molecule has 7 aromatic carbocycles. The van der Waals surface area contributed by atoms with Gasteiger partial charge in [0.25, 0.3) is 0 Å². The zero-order valence-electron chi connectivity index (χ0n) is 30.9. The highest BCUT2D eigenvalue weighted by Gasteiger charge is 2.24. The summed E-state index contributed by atoms with van der Waals surface area (Å²) in [7, 11) is 0. The average molecular weight is 730 g/mol. The third kappa shape index (κ3) is 5.40. The fourth-order valence-electron chi connectivity index (χ4n) is 8.59. The third-order valence-electron chi connectivity index (χ3n) is 11.0. The summed E-state index contributed by atoms with van der Waals surface area (Å²) in [6.45, 7) is 0. The van der Waals surface area contributed by atoms with E-state index in [4.69, 9.17) is 0 Å². The first-order valence-corrected chi connectivity index (χ1v) is 19.2. The van der Waals surface area contributed by atoms with Crippen molar-refractivity contribution >= 4 is 60.7 Å². The highest BCUT2D eigenvalue weighted by atomic mass is 15.2. The van der Waals surface area contributed by atoms with Gasteiger partial charge in [0.05, 0.1) is 44.8 Å². The average Bonchev–Trinajstić information content (AvgIpc) is 3.82.